The highest BCUT2D eigenvalue weighted by atomic mass is 16.7. The Hall–Kier alpha value is -5.07. The van der Waals surface area contributed by atoms with Gasteiger partial charge >= 0.3 is 37.3 Å². The summed E-state index contributed by atoms with van der Waals surface area (Å²) in [5.41, 5.74) is 2.61. The predicted octanol–water partition coefficient (Wildman–Crippen LogP) is 5.97. The van der Waals surface area contributed by atoms with E-state index in [1.165, 1.54) is 0 Å². The van der Waals surface area contributed by atoms with E-state index in [0.717, 1.165) is 47.2 Å². The quantitative estimate of drug-likeness (QED) is 0.206. The predicted molar refractivity (Wildman–Crippen MR) is 241 cm³/mol. The largest absolute Gasteiger partial charge is 0.618 e. The maximum Gasteiger partial charge on any atom is 0.618 e. The number of ether oxygens (including phenoxy) is 2. The molecule has 4 bridgehead atoms. The summed E-state index contributed by atoms with van der Waals surface area (Å²) < 4.78 is 39.8. The zero-order valence-electron chi connectivity index (χ0n) is 38.2. The van der Waals surface area contributed by atoms with Crippen molar-refractivity contribution in [3.05, 3.63) is 60.7 Å². The SMILES string of the molecule is COc1c([B-]23OC(=O)C[N+]2([C@@H]2C[C@@H]4C[C@H]([C@H]2C)C4(C)C)CC(=O)O3)cc2ccccc2c1-c1c(OC)c([B-]23OC(=O)C[N+]2([C@@H]2C[C@@H]4C[C@H]([C@H]2C)C4(C)C)CC(=O)O3)cc2ccccc12. The summed E-state index contributed by atoms with van der Waals surface area (Å²) in [6, 6.07) is 19.8. The fourth-order valence-corrected chi connectivity index (χ4v) is 16.4. The highest BCUT2D eigenvalue weighted by Gasteiger charge is 2.76. The van der Waals surface area contributed by atoms with Crippen LogP contribution in [0.4, 0.5) is 0 Å². The highest BCUT2D eigenvalue weighted by molar-refractivity contribution is 6.81. The Morgan fingerprint density at radius 2 is 0.891 bits per heavy atom. The van der Waals surface area contributed by atoms with Gasteiger partial charge < -0.3 is 36.9 Å². The van der Waals surface area contributed by atoms with Gasteiger partial charge in [0, 0.05) is 23.0 Å². The van der Waals surface area contributed by atoms with E-state index in [4.69, 9.17) is 28.1 Å². The molecule has 10 aliphatic rings. The molecule has 0 radical (unpaired) electrons. The molecule has 12 nitrogen and oxygen atoms in total. The standard InChI is InChI=1S/C50H58B2N2O10/c1-27-35-19-31(49(35,3)4)21-39(27)53-23-41(55)61-51(53,62-42(56)24-53)37-17-29-13-9-11-15-33(29)45(47(37)59-7)46-34-16-12-10-14-30(34)18-38(48(46)60-8)52-54(25-43(57)63-52,26-44(58)64-52)40-22-32-20-36(28(40)2)50(32,5)6/h9-18,27-28,31-32,35-36,39-40H,19-26H2,1-8H3/t27-,28-,31+,32+,35-,36-,39-,40-,51?,52?,53?,54?/m1/s1. The van der Waals surface area contributed by atoms with Crippen LogP contribution in [0.1, 0.15) is 67.2 Å². The van der Waals surface area contributed by atoms with Crippen molar-refractivity contribution in [2.24, 2.45) is 46.3 Å². The van der Waals surface area contributed by atoms with Gasteiger partial charge in [-0.05, 0) is 92.7 Å². The van der Waals surface area contributed by atoms with Gasteiger partial charge in [-0.15, -0.1) is 0 Å². The molecule has 14 rings (SSSR count). The van der Waals surface area contributed by atoms with Crippen LogP contribution in [0.15, 0.2) is 60.7 Å². The molecule has 0 N–H and O–H groups in total. The lowest BCUT2D eigenvalue weighted by Gasteiger charge is -2.66. The van der Waals surface area contributed by atoms with Crippen LogP contribution < -0.4 is 20.4 Å². The van der Waals surface area contributed by atoms with Crippen molar-refractivity contribution in [3.8, 4) is 22.6 Å². The summed E-state index contributed by atoms with van der Waals surface area (Å²) >= 11 is 0. The Kier molecular flexibility index (Phi) is 8.11. The van der Waals surface area contributed by atoms with Crippen LogP contribution >= 0.6 is 0 Å². The third-order valence-corrected chi connectivity index (χ3v) is 19.7. The molecule has 0 amide bonds. The molecule has 334 valence electrons. The topological polar surface area (TPSA) is 124 Å². The molecule has 10 fully saturated rings. The molecule has 4 saturated heterocycles. The van der Waals surface area contributed by atoms with Crippen LogP contribution in [-0.4, -0.2) is 98.5 Å². The van der Waals surface area contributed by atoms with Gasteiger partial charge in [-0.3, -0.25) is 19.2 Å². The lowest BCUT2D eigenvalue weighted by Crippen LogP contribution is -2.77. The molecule has 0 spiro atoms. The third kappa shape index (κ3) is 4.69. The monoisotopic (exact) mass is 868 g/mol. The van der Waals surface area contributed by atoms with E-state index in [9.17, 15) is 19.2 Å². The number of nitrogens with zero attached hydrogens (tertiary/aromatic N) is 2. The van der Waals surface area contributed by atoms with E-state index in [1.807, 2.05) is 60.7 Å². The second kappa shape index (κ2) is 12.8. The van der Waals surface area contributed by atoms with Crippen LogP contribution in [0.25, 0.3) is 32.7 Å². The summed E-state index contributed by atoms with van der Waals surface area (Å²) in [5.74, 6) is 1.34. The van der Waals surface area contributed by atoms with Crippen molar-refractivity contribution in [1.29, 1.82) is 0 Å². The number of hydrogen-bond donors (Lipinski definition) is 0. The molecular weight excluding hydrogens is 810 g/mol. The Balaban J connectivity index is 1.12. The molecule has 14 heteroatoms. The fraction of sp³-hybridized carbons (Fsp3) is 0.520. The lowest BCUT2D eigenvalue weighted by molar-refractivity contribution is -0.850. The Bertz CT molecular complexity index is 2560. The molecule has 6 aliphatic carbocycles. The van der Waals surface area contributed by atoms with Gasteiger partial charge in [-0.1, -0.05) is 102 Å². The summed E-state index contributed by atoms with van der Waals surface area (Å²) in [6.07, 6.45) is 3.97. The average Bonchev–Trinajstić information content (AvgIpc) is 3.90. The summed E-state index contributed by atoms with van der Waals surface area (Å²) in [7, 11) is 3.20. The van der Waals surface area contributed by atoms with Crippen molar-refractivity contribution < 1.29 is 56.1 Å². The zero-order chi connectivity index (χ0) is 44.7. The van der Waals surface area contributed by atoms with Gasteiger partial charge in [-0.2, -0.15) is 0 Å². The van der Waals surface area contributed by atoms with Gasteiger partial charge in [-0.25, -0.2) is 0 Å². The van der Waals surface area contributed by atoms with E-state index in [-0.39, 0.29) is 69.7 Å². The molecule has 0 unspecified atom stereocenters. The van der Waals surface area contributed by atoms with E-state index in [0.29, 0.717) is 57.2 Å². The second-order valence-electron chi connectivity index (χ2n) is 22.4. The molecule has 4 heterocycles. The number of quaternary nitrogens is 2. The number of hydrogen-bond acceptors (Lipinski definition) is 10. The third-order valence-electron chi connectivity index (χ3n) is 19.7. The van der Waals surface area contributed by atoms with Crippen molar-refractivity contribution >= 4 is 69.7 Å². The van der Waals surface area contributed by atoms with Crippen LogP contribution in [0.3, 0.4) is 0 Å². The first-order valence-electron chi connectivity index (χ1n) is 23.6. The summed E-state index contributed by atoms with van der Waals surface area (Å²) in [5, 5.41) is 3.27. The second-order valence-corrected chi connectivity index (χ2v) is 22.4. The molecule has 0 aromatic heterocycles. The molecular formula is C50H58B2N2O10. The van der Waals surface area contributed by atoms with Crippen LogP contribution in [-0.2, 0) is 37.8 Å². The van der Waals surface area contributed by atoms with Crippen LogP contribution in [0, 0.1) is 46.3 Å². The number of methoxy groups -OCH3 is 2. The van der Waals surface area contributed by atoms with Crippen molar-refractivity contribution in [2.75, 3.05) is 40.4 Å². The molecule has 4 aromatic rings. The first kappa shape index (κ1) is 40.4. The molecule has 4 aliphatic heterocycles. The van der Waals surface area contributed by atoms with Gasteiger partial charge in [0.15, 0.2) is 0 Å². The van der Waals surface area contributed by atoms with Crippen LogP contribution in [0.2, 0.25) is 0 Å². The van der Waals surface area contributed by atoms with E-state index in [1.54, 1.807) is 14.2 Å². The molecule has 64 heavy (non-hydrogen) atoms. The fourth-order valence-electron chi connectivity index (χ4n) is 16.4. The first-order valence-corrected chi connectivity index (χ1v) is 23.6. The number of rotatable bonds is 7. The number of carbonyl (C=O) groups excluding carboxylic acids is 4. The normalized spacial score (nSPS) is 39.6. The minimum atomic E-state index is -2.84. The number of benzene rings is 4. The minimum Gasteiger partial charge on any atom is -0.596 e. The van der Waals surface area contributed by atoms with E-state index < -0.39 is 37.3 Å². The van der Waals surface area contributed by atoms with Crippen molar-refractivity contribution in [3.63, 3.8) is 0 Å². The molecule has 8 atom stereocenters. The van der Waals surface area contributed by atoms with E-state index in [2.05, 4.69) is 41.5 Å². The highest BCUT2D eigenvalue weighted by Crippen LogP contribution is 2.66. The van der Waals surface area contributed by atoms with Gasteiger partial charge in [0.25, 0.3) is 0 Å². The summed E-state index contributed by atoms with van der Waals surface area (Å²) in [6.45, 7) is 8.35. The average molecular weight is 869 g/mol. The first-order chi connectivity index (χ1) is 30.5. The van der Waals surface area contributed by atoms with Crippen molar-refractivity contribution in [2.45, 2.75) is 79.3 Å². The van der Waals surface area contributed by atoms with Crippen LogP contribution in [0.5, 0.6) is 11.5 Å². The Labute approximate surface area is 374 Å². The number of fused-ring (bicyclic) bond motifs is 10. The smallest absolute Gasteiger partial charge is 0.596 e. The van der Waals surface area contributed by atoms with Gasteiger partial charge in [0.1, 0.15) is 37.7 Å². The minimum absolute atomic E-state index is 0.0218. The molecule has 6 saturated carbocycles. The van der Waals surface area contributed by atoms with Gasteiger partial charge in [0.2, 0.25) is 0 Å². The molecule has 4 aromatic carbocycles. The van der Waals surface area contributed by atoms with Crippen molar-refractivity contribution in [1.82, 2.24) is 0 Å². The maximum atomic E-state index is 14.0. The van der Waals surface area contributed by atoms with Gasteiger partial charge in [0.05, 0.1) is 26.3 Å². The zero-order valence-corrected chi connectivity index (χ0v) is 38.2. The Morgan fingerprint density at radius 3 is 1.20 bits per heavy atom. The Morgan fingerprint density at radius 1 is 0.547 bits per heavy atom. The maximum absolute atomic E-state index is 14.0. The summed E-state index contributed by atoms with van der Waals surface area (Å²) in [4.78, 5) is 56.2. The van der Waals surface area contributed by atoms with E-state index >= 15 is 0 Å². The number of carbonyl (C=O) groups is 4. The lowest BCUT2D eigenvalue weighted by atomic mass is 9.43.